The van der Waals surface area contributed by atoms with Crippen molar-refractivity contribution in [2.45, 2.75) is 13.8 Å². The van der Waals surface area contributed by atoms with E-state index in [2.05, 4.69) is 29.8 Å². The molecule has 0 N–H and O–H groups in total. The maximum absolute atomic E-state index is 5.93. The summed E-state index contributed by atoms with van der Waals surface area (Å²) in [5.74, 6) is 3.03. The van der Waals surface area contributed by atoms with Crippen molar-refractivity contribution in [3.05, 3.63) is 82.3 Å². The fourth-order valence-electron chi connectivity index (χ4n) is 2.11. The molecule has 3 heteroatoms. The molecule has 0 saturated carbocycles. The molecule has 0 aliphatic rings. The second kappa shape index (κ2) is 6.88. The average molecular weight is 369 g/mol. The average Bonchev–Trinajstić information content (AvgIpc) is 2.55. The molecule has 3 aromatic carbocycles. The van der Waals surface area contributed by atoms with Crippen molar-refractivity contribution in [3.8, 4) is 23.0 Å². The third kappa shape index (κ3) is 3.93. The van der Waals surface area contributed by atoms with E-state index in [9.17, 15) is 0 Å². The quantitative estimate of drug-likeness (QED) is 0.513. The second-order valence-electron chi connectivity index (χ2n) is 5.40. The van der Waals surface area contributed by atoms with Gasteiger partial charge in [0, 0.05) is 0 Å². The zero-order valence-corrected chi connectivity index (χ0v) is 14.6. The molecule has 3 aromatic rings. The zero-order chi connectivity index (χ0) is 16.2. The van der Waals surface area contributed by atoms with Crippen molar-refractivity contribution in [3.63, 3.8) is 0 Å². The Kier molecular flexibility index (Phi) is 4.68. The normalized spacial score (nSPS) is 10.4. The van der Waals surface area contributed by atoms with Crippen LogP contribution in [0.1, 0.15) is 11.1 Å². The molecule has 0 saturated heterocycles. The van der Waals surface area contributed by atoms with E-state index < -0.39 is 0 Å². The summed E-state index contributed by atoms with van der Waals surface area (Å²) >= 11 is 3.58. The van der Waals surface area contributed by atoms with E-state index in [1.807, 2.05) is 66.7 Å². The SMILES string of the molecule is Cc1ccc(Oc2cccc(Oc3ccc(C)cc3)c2Br)cc1. The molecule has 0 aliphatic heterocycles. The minimum absolute atomic E-state index is 0.721. The molecule has 0 aromatic heterocycles. The van der Waals surface area contributed by atoms with Crippen LogP contribution in [0.2, 0.25) is 0 Å². The molecule has 0 unspecified atom stereocenters. The van der Waals surface area contributed by atoms with Crippen LogP contribution >= 0.6 is 15.9 Å². The van der Waals surface area contributed by atoms with Crippen molar-refractivity contribution in [1.29, 1.82) is 0 Å². The summed E-state index contributed by atoms with van der Waals surface area (Å²) in [7, 11) is 0. The third-order valence-electron chi connectivity index (χ3n) is 3.43. The highest BCUT2D eigenvalue weighted by Crippen LogP contribution is 2.38. The monoisotopic (exact) mass is 368 g/mol. The lowest BCUT2D eigenvalue weighted by Crippen LogP contribution is -1.90. The summed E-state index contributed by atoms with van der Waals surface area (Å²) in [6.07, 6.45) is 0. The summed E-state index contributed by atoms with van der Waals surface area (Å²) in [4.78, 5) is 0. The van der Waals surface area contributed by atoms with E-state index in [-0.39, 0.29) is 0 Å². The van der Waals surface area contributed by atoms with Crippen molar-refractivity contribution in [1.82, 2.24) is 0 Å². The van der Waals surface area contributed by atoms with Crippen LogP contribution in [0.5, 0.6) is 23.0 Å². The highest BCUT2D eigenvalue weighted by molar-refractivity contribution is 9.10. The predicted molar refractivity (Wildman–Crippen MR) is 96.6 cm³/mol. The van der Waals surface area contributed by atoms with Gasteiger partial charge in [0.15, 0.2) is 0 Å². The number of ether oxygens (including phenoxy) is 2. The third-order valence-corrected chi connectivity index (χ3v) is 4.21. The Hall–Kier alpha value is -2.26. The van der Waals surface area contributed by atoms with E-state index in [4.69, 9.17) is 9.47 Å². The number of aryl methyl sites for hydroxylation is 2. The van der Waals surface area contributed by atoms with Crippen LogP contribution in [-0.2, 0) is 0 Å². The molecular weight excluding hydrogens is 352 g/mol. The first-order valence-electron chi connectivity index (χ1n) is 7.39. The first-order chi connectivity index (χ1) is 11.1. The summed E-state index contributed by atoms with van der Waals surface area (Å²) in [5.41, 5.74) is 2.40. The Morgan fingerprint density at radius 2 is 1.00 bits per heavy atom. The molecular formula is C20H17BrO2. The number of hydrogen-bond acceptors (Lipinski definition) is 2. The number of hydrogen-bond donors (Lipinski definition) is 0. The number of halogens is 1. The predicted octanol–water partition coefficient (Wildman–Crippen LogP) is 6.65. The zero-order valence-electron chi connectivity index (χ0n) is 13.0. The largest absolute Gasteiger partial charge is 0.456 e. The van der Waals surface area contributed by atoms with E-state index in [0.29, 0.717) is 0 Å². The molecule has 0 radical (unpaired) electrons. The van der Waals surface area contributed by atoms with Crippen molar-refractivity contribution in [2.24, 2.45) is 0 Å². The Morgan fingerprint density at radius 1 is 0.609 bits per heavy atom. The van der Waals surface area contributed by atoms with Gasteiger partial charge < -0.3 is 9.47 Å². The van der Waals surface area contributed by atoms with Crippen LogP contribution in [0.25, 0.3) is 0 Å². The van der Waals surface area contributed by atoms with Gasteiger partial charge in [-0.25, -0.2) is 0 Å². The molecule has 0 aliphatic carbocycles. The molecule has 0 bridgehead atoms. The molecule has 116 valence electrons. The van der Waals surface area contributed by atoms with Gasteiger partial charge >= 0.3 is 0 Å². The van der Waals surface area contributed by atoms with E-state index >= 15 is 0 Å². The van der Waals surface area contributed by atoms with Gasteiger partial charge in [-0.2, -0.15) is 0 Å². The maximum atomic E-state index is 5.93. The van der Waals surface area contributed by atoms with Crippen molar-refractivity contribution in [2.75, 3.05) is 0 Å². The molecule has 2 nitrogen and oxygen atoms in total. The lowest BCUT2D eigenvalue weighted by Gasteiger charge is -2.12. The van der Waals surface area contributed by atoms with E-state index in [1.54, 1.807) is 0 Å². The van der Waals surface area contributed by atoms with Crippen LogP contribution in [0.3, 0.4) is 0 Å². The fraction of sp³-hybridized carbons (Fsp3) is 0.100. The van der Waals surface area contributed by atoms with Gasteiger partial charge in [-0.3, -0.25) is 0 Å². The number of benzene rings is 3. The molecule has 0 heterocycles. The summed E-state index contributed by atoms with van der Waals surface area (Å²) in [6.45, 7) is 4.10. The fourth-order valence-corrected chi connectivity index (χ4v) is 2.54. The Labute approximate surface area is 144 Å². The van der Waals surface area contributed by atoms with E-state index in [0.717, 1.165) is 27.5 Å². The summed E-state index contributed by atoms with van der Waals surface area (Å²) in [6, 6.07) is 21.6. The maximum Gasteiger partial charge on any atom is 0.145 e. The van der Waals surface area contributed by atoms with E-state index in [1.165, 1.54) is 11.1 Å². The van der Waals surface area contributed by atoms with Gasteiger partial charge in [-0.05, 0) is 66.2 Å². The highest BCUT2D eigenvalue weighted by Gasteiger charge is 2.10. The lowest BCUT2D eigenvalue weighted by atomic mass is 10.2. The minimum Gasteiger partial charge on any atom is -0.456 e. The van der Waals surface area contributed by atoms with Crippen LogP contribution in [0.4, 0.5) is 0 Å². The van der Waals surface area contributed by atoms with Gasteiger partial charge in [0.05, 0.1) is 0 Å². The van der Waals surface area contributed by atoms with Gasteiger partial charge in [0.1, 0.15) is 27.5 Å². The molecule has 0 amide bonds. The first kappa shape index (κ1) is 15.6. The summed E-state index contributed by atoms with van der Waals surface area (Å²) in [5, 5.41) is 0. The van der Waals surface area contributed by atoms with Crippen molar-refractivity contribution >= 4 is 15.9 Å². The van der Waals surface area contributed by atoms with Gasteiger partial charge in [-0.15, -0.1) is 0 Å². The molecule has 0 fully saturated rings. The topological polar surface area (TPSA) is 18.5 Å². The molecule has 3 rings (SSSR count). The van der Waals surface area contributed by atoms with Gasteiger partial charge in [-0.1, -0.05) is 41.5 Å². The molecule has 0 spiro atoms. The van der Waals surface area contributed by atoms with Crippen molar-refractivity contribution < 1.29 is 9.47 Å². The first-order valence-corrected chi connectivity index (χ1v) is 8.19. The van der Waals surface area contributed by atoms with Crippen LogP contribution in [0, 0.1) is 13.8 Å². The second-order valence-corrected chi connectivity index (χ2v) is 6.19. The lowest BCUT2D eigenvalue weighted by molar-refractivity contribution is 0.455. The summed E-state index contributed by atoms with van der Waals surface area (Å²) < 4.78 is 12.7. The van der Waals surface area contributed by atoms with Crippen LogP contribution in [-0.4, -0.2) is 0 Å². The number of rotatable bonds is 4. The van der Waals surface area contributed by atoms with Crippen LogP contribution in [0.15, 0.2) is 71.2 Å². The minimum atomic E-state index is 0.721. The standard InChI is InChI=1S/C20H17BrO2/c1-14-6-10-16(11-7-14)22-18-4-3-5-19(20(18)21)23-17-12-8-15(2)9-13-17/h3-13H,1-2H3. The van der Waals surface area contributed by atoms with Crippen LogP contribution < -0.4 is 9.47 Å². The smallest absolute Gasteiger partial charge is 0.145 e. The molecule has 23 heavy (non-hydrogen) atoms. The molecule has 0 atom stereocenters. The van der Waals surface area contributed by atoms with Gasteiger partial charge in [0.25, 0.3) is 0 Å². The Bertz CT molecular complexity index is 727. The highest BCUT2D eigenvalue weighted by atomic mass is 79.9. The Balaban J connectivity index is 1.83. The van der Waals surface area contributed by atoms with Gasteiger partial charge in [0.2, 0.25) is 0 Å². The Morgan fingerprint density at radius 3 is 1.39 bits per heavy atom.